The number of benzene rings is 2. The van der Waals surface area contributed by atoms with Crippen LogP contribution in [0.5, 0.6) is 0 Å². The van der Waals surface area contributed by atoms with Crippen molar-refractivity contribution < 1.29 is 9.90 Å². The molecule has 0 spiro atoms. The Morgan fingerprint density at radius 2 is 1.95 bits per heavy atom. The number of carboxylic acids is 1. The highest BCUT2D eigenvalue weighted by Gasteiger charge is 2.05. The summed E-state index contributed by atoms with van der Waals surface area (Å²) < 4.78 is 0. The molecule has 108 valence electrons. The van der Waals surface area contributed by atoms with Crippen LogP contribution >= 0.6 is 11.6 Å². The maximum atomic E-state index is 10.5. The molecule has 2 aromatic carbocycles. The molecule has 4 heteroatoms. The molecule has 0 saturated carbocycles. The van der Waals surface area contributed by atoms with Crippen LogP contribution in [0.1, 0.15) is 11.1 Å². The smallest absolute Gasteiger partial charge is 0.328 e. The zero-order valence-electron chi connectivity index (χ0n) is 11.7. The average molecular weight is 302 g/mol. The Hall–Kier alpha value is -2.26. The molecular weight excluding hydrogens is 286 g/mol. The zero-order valence-corrected chi connectivity index (χ0v) is 12.4. The first kappa shape index (κ1) is 15.1. The number of hydrogen-bond donors (Lipinski definition) is 1. The molecule has 0 heterocycles. The monoisotopic (exact) mass is 301 g/mol. The molecule has 3 nitrogen and oxygen atoms in total. The molecule has 0 bridgehead atoms. The summed E-state index contributed by atoms with van der Waals surface area (Å²) in [6.45, 7) is 0.779. The summed E-state index contributed by atoms with van der Waals surface area (Å²) in [5.41, 5.74) is 2.89. The molecule has 0 saturated heterocycles. The largest absolute Gasteiger partial charge is 0.478 e. The van der Waals surface area contributed by atoms with Gasteiger partial charge in [-0.1, -0.05) is 48.0 Å². The summed E-state index contributed by atoms with van der Waals surface area (Å²) in [5, 5.41) is 9.17. The lowest BCUT2D eigenvalue weighted by molar-refractivity contribution is -0.131. The molecule has 0 aliphatic carbocycles. The lowest BCUT2D eigenvalue weighted by Crippen LogP contribution is -2.16. The maximum absolute atomic E-state index is 10.5. The standard InChI is InChI=1S/C17H16ClNO2/c1-19(12-13-5-3-2-4-6-13)15-9-7-14(16(18)11-15)8-10-17(20)21/h2-11H,12H2,1H3,(H,20,21)/b10-8+. The topological polar surface area (TPSA) is 40.5 Å². The first-order valence-electron chi connectivity index (χ1n) is 6.52. The summed E-state index contributed by atoms with van der Waals surface area (Å²) in [5.74, 6) is -0.990. The van der Waals surface area contributed by atoms with Crippen molar-refractivity contribution >= 4 is 29.3 Å². The van der Waals surface area contributed by atoms with Crippen molar-refractivity contribution in [1.82, 2.24) is 0 Å². The highest BCUT2D eigenvalue weighted by atomic mass is 35.5. The molecule has 0 aromatic heterocycles. The second-order valence-corrected chi connectivity index (χ2v) is 5.13. The number of rotatable bonds is 5. The molecule has 0 amide bonds. The van der Waals surface area contributed by atoms with E-state index in [9.17, 15) is 4.79 Å². The van der Waals surface area contributed by atoms with E-state index in [0.29, 0.717) is 10.6 Å². The van der Waals surface area contributed by atoms with Crippen LogP contribution in [-0.2, 0) is 11.3 Å². The fourth-order valence-electron chi connectivity index (χ4n) is 2.00. The Labute approximate surface area is 129 Å². The molecule has 0 unspecified atom stereocenters. The molecule has 0 fully saturated rings. The van der Waals surface area contributed by atoms with Gasteiger partial charge in [-0.25, -0.2) is 4.79 Å². The predicted octanol–water partition coefficient (Wildman–Crippen LogP) is 4.07. The van der Waals surface area contributed by atoms with E-state index < -0.39 is 5.97 Å². The Balaban J connectivity index is 2.14. The van der Waals surface area contributed by atoms with Crippen molar-refractivity contribution in [1.29, 1.82) is 0 Å². The van der Waals surface area contributed by atoms with Crippen LogP contribution in [0.15, 0.2) is 54.6 Å². The Morgan fingerprint density at radius 1 is 1.24 bits per heavy atom. The van der Waals surface area contributed by atoms with Gasteiger partial charge in [-0.3, -0.25) is 0 Å². The van der Waals surface area contributed by atoms with E-state index in [0.717, 1.165) is 18.3 Å². The summed E-state index contributed by atoms with van der Waals surface area (Å²) >= 11 is 6.19. The van der Waals surface area contributed by atoms with Crippen molar-refractivity contribution in [3.8, 4) is 0 Å². The first-order valence-corrected chi connectivity index (χ1v) is 6.89. The molecule has 0 radical (unpaired) electrons. The van der Waals surface area contributed by atoms with E-state index in [1.807, 2.05) is 43.4 Å². The van der Waals surface area contributed by atoms with Crippen LogP contribution in [0.3, 0.4) is 0 Å². The van der Waals surface area contributed by atoms with Crippen molar-refractivity contribution in [2.45, 2.75) is 6.54 Å². The third kappa shape index (κ3) is 4.36. The number of hydrogen-bond acceptors (Lipinski definition) is 2. The van der Waals surface area contributed by atoms with Crippen molar-refractivity contribution in [3.63, 3.8) is 0 Å². The van der Waals surface area contributed by atoms with Gasteiger partial charge in [-0.15, -0.1) is 0 Å². The molecule has 0 atom stereocenters. The number of carboxylic acid groups (broad SMARTS) is 1. The van der Waals surface area contributed by atoms with Gasteiger partial charge in [0.25, 0.3) is 0 Å². The van der Waals surface area contributed by atoms with Crippen LogP contribution in [0.4, 0.5) is 5.69 Å². The van der Waals surface area contributed by atoms with Crippen LogP contribution < -0.4 is 4.90 Å². The third-order valence-corrected chi connectivity index (χ3v) is 3.42. The third-order valence-electron chi connectivity index (χ3n) is 3.09. The van der Waals surface area contributed by atoms with Gasteiger partial charge in [0, 0.05) is 30.4 Å². The summed E-state index contributed by atoms with van der Waals surface area (Å²) in [7, 11) is 1.99. The molecule has 2 rings (SSSR count). The average Bonchev–Trinajstić information content (AvgIpc) is 2.46. The molecule has 21 heavy (non-hydrogen) atoms. The summed E-state index contributed by atoms with van der Waals surface area (Å²) in [6, 6.07) is 15.7. The molecule has 1 N–H and O–H groups in total. The van der Waals surface area contributed by atoms with Crippen molar-refractivity contribution in [2.75, 3.05) is 11.9 Å². The fourth-order valence-corrected chi connectivity index (χ4v) is 2.24. The van der Waals surface area contributed by atoms with Crippen LogP contribution in [-0.4, -0.2) is 18.1 Å². The molecule has 2 aromatic rings. The normalized spacial score (nSPS) is 10.8. The SMILES string of the molecule is CN(Cc1ccccc1)c1ccc(/C=C/C(=O)O)c(Cl)c1. The van der Waals surface area contributed by atoms with Gasteiger partial charge in [-0.2, -0.15) is 0 Å². The Bertz CT molecular complexity index is 653. The number of nitrogens with zero attached hydrogens (tertiary/aromatic N) is 1. The van der Waals surface area contributed by atoms with Gasteiger partial charge in [-0.05, 0) is 29.3 Å². The molecular formula is C17H16ClNO2. The maximum Gasteiger partial charge on any atom is 0.328 e. The van der Waals surface area contributed by atoms with E-state index in [4.69, 9.17) is 16.7 Å². The lowest BCUT2D eigenvalue weighted by atomic mass is 10.1. The lowest BCUT2D eigenvalue weighted by Gasteiger charge is -2.20. The van der Waals surface area contributed by atoms with E-state index >= 15 is 0 Å². The fraction of sp³-hybridized carbons (Fsp3) is 0.118. The van der Waals surface area contributed by atoms with Crippen molar-refractivity contribution in [3.05, 3.63) is 70.8 Å². The second-order valence-electron chi connectivity index (χ2n) is 4.72. The van der Waals surface area contributed by atoms with E-state index in [-0.39, 0.29) is 0 Å². The van der Waals surface area contributed by atoms with Crippen LogP contribution in [0.25, 0.3) is 6.08 Å². The number of anilines is 1. The van der Waals surface area contributed by atoms with Gasteiger partial charge < -0.3 is 10.0 Å². The molecule has 0 aliphatic rings. The van der Waals surface area contributed by atoms with E-state index in [2.05, 4.69) is 17.0 Å². The first-order chi connectivity index (χ1) is 10.1. The highest BCUT2D eigenvalue weighted by Crippen LogP contribution is 2.25. The summed E-state index contributed by atoms with van der Waals surface area (Å²) in [6.07, 6.45) is 2.57. The Morgan fingerprint density at radius 3 is 2.57 bits per heavy atom. The van der Waals surface area contributed by atoms with Gasteiger partial charge in [0.15, 0.2) is 0 Å². The van der Waals surface area contributed by atoms with Gasteiger partial charge in [0.2, 0.25) is 0 Å². The van der Waals surface area contributed by atoms with Crippen LogP contribution in [0.2, 0.25) is 5.02 Å². The second kappa shape index (κ2) is 6.95. The predicted molar refractivity (Wildman–Crippen MR) is 86.7 cm³/mol. The number of aliphatic carboxylic acids is 1. The minimum atomic E-state index is -0.990. The highest BCUT2D eigenvalue weighted by molar-refractivity contribution is 6.32. The van der Waals surface area contributed by atoms with Gasteiger partial charge in [0.05, 0.1) is 0 Å². The zero-order chi connectivity index (χ0) is 15.2. The van der Waals surface area contributed by atoms with Gasteiger partial charge >= 0.3 is 5.97 Å². The number of halogens is 1. The van der Waals surface area contributed by atoms with Gasteiger partial charge in [0.1, 0.15) is 0 Å². The minimum Gasteiger partial charge on any atom is -0.478 e. The Kier molecular flexibility index (Phi) is 5.01. The minimum absolute atomic E-state index is 0.532. The quantitative estimate of drug-likeness (QED) is 0.846. The van der Waals surface area contributed by atoms with E-state index in [1.165, 1.54) is 11.6 Å². The number of carbonyl (C=O) groups is 1. The van der Waals surface area contributed by atoms with Crippen molar-refractivity contribution in [2.24, 2.45) is 0 Å². The van der Waals surface area contributed by atoms with E-state index in [1.54, 1.807) is 0 Å². The van der Waals surface area contributed by atoms with Crippen LogP contribution in [0, 0.1) is 0 Å². The molecule has 0 aliphatic heterocycles. The summed E-state index contributed by atoms with van der Waals surface area (Å²) in [4.78, 5) is 12.6.